The van der Waals surface area contributed by atoms with Crippen LogP contribution < -0.4 is 10.5 Å². The summed E-state index contributed by atoms with van der Waals surface area (Å²) in [5.41, 5.74) is 8.13. The third-order valence-corrected chi connectivity index (χ3v) is 5.07. The zero-order chi connectivity index (χ0) is 16.8. The Hall–Kier alpha value is -2.01. The van der Waals surface area contributed by atoms with E-state index >= 15 is 0 Å². The lowest BCUT2D eigenvalue weighted by Crippen LogP contribution is -2.28. The fourth-order valence-electron chi connectivity index (χ4n) is 2.83. The van der Waals surface area contributed by atoms with Gasteiger partial charge in [0, 0.05) is 18.1 Å². The molecule has 3 rings (SSSR count). The second kappa shape index (κ2) is 7.71. The van der Waals surface area contributed by atoms with E-state index in [0.717, 1.165) is 36.3 Å². The topological polar surface area (TPSA) is 60.5 Å². The number of aromatic nitrogens is 1. The number of pyridine rings is 1. The van der Waals surface area contributed by atoms with Gasteiger partial charge in [-0.25, -0.2) is 0 Å². The fourth-order valence-corrected chi connectivity index (χ4v) is 3.81. The quantitative estimate of drug-likeness (QED) is 0.813. The van der Waals surface area contributed by atoms with E-state index in [1.807, 2.05) is 36.7 Å². The summed E-state index contributed by atoms with van der Waals surface area (Å²) in [6, 6.07) is 12.3. The lowest BCUT2D eigenvalue weighted by molar-refractivity contribution is 0.309. The number of ether oxygens (including phenoxy) is 1. The average Bonchev–Trinajstić information content (AvgIpc) is 2.60. The summed E-state index contributed by atoms with van der Waals surface area (Å²) in [7, 11) is 0. The first-order valence-electron chi connectivity index (χ1n) is 8.26. The highest BCUT2D eigenvalue weighted by Crippen LogP contribution is 2.36. The smallest absolute Gasteiger partial charge is 0.154 e. The van der Waals surface area contributed by atoms with Crippen molar-refractivity contribution in [2.75, 3.05) is 12.4 Å². The summed E-state index contributed by atoms with van der Waals surface area (Å²) in [6.45, 7) is 2.84. The van der Waals surface area contributed by atoms with Gasteiger partial charge in [0.2, 0.25) is 0 Å². The minimum Gasteiger partial charge on any atom is -0.494 e. The van der Waals surface area contributed by atoms with Crippen molar-refractivity contribution in [3.63, 3.8) is 0 Å². The van der Waals surface area contributed by atoms with Crippen molar-refractivity contribution in [1.82, 2.24) is 4.98 Å². The largest absolute Gasteiger partial charge is 0.494 e. The molecule has 1 unspecified atom stereocenters. The van der Waals surface area contributed by atoms with Crippen molar-refractivity contribution >= 4 is 16.9 Å². The van der Waals surface area contributed by atoms with Gasteiger partial charge in [-0.3, -0.25) is 9.98 Å². The highest BCUT2D eigenvalue weighted by Gasteiger charge is 2.29. The molecule has 2 N–H and O–H groups in total. The summed E-state index contributed by atoms with van der Waals surface area (Å²) >= 11 is 1.63. The molecule has 1 aliphatic rings. The van der Waals surface area contributed by atoms with Crippen LogP contribution in [0.2, 0.25) is 0 Å². The van der Waals surface area contributed by atoms with Crippen LogP contribution in [-0.2, 0) is 12.0 Å². The standard InChI is InChI=1S/C19H23N3OS/c1-19(9-13-24-18(20)22-19)16-5-2-6-17(14-16)23-12-3-4-15-7-10-21-11-8-15/h2,5-8,10-11,14H,3-4,9,12-13H2,1H3,(H2,20,22). The van der Waals surface area contributed by atoms with Crippen LogP contribution in [0.5, 0.6) is 5.75 Å². The molecule has 1 aliphatic heterocycles. The summed E-state index contributed by atoms with van der Waals surface area (Å²) in [5.74, 6) is 1.90. The van der Waals surface area contributed by atoms with Crippen molar-refractivity contribution < 1.29 is 4.74 Å². The molecule has 0 amide bonds. The number of nitrogens with two attached hydrogens (primary N) is 1. The number of aryl methyl sites for hydroxylation is 1. The van der Waals surface area contributed by atoms with Crippen molar-refractivity contribution in [3.8, 4) is 5.75 Å². The summed E-state index contributed by atoms with van der Waals surface area (Å²) in [4.78, 5) is 8.69. The first-order chi connectivity index (χ1) is 11.7. The van der Waals surface area contributed by atoms with E-state index in [1.54, 1.807) is 11.8 Å². The first-order valence-corrected chi connectivity index (χ1v) is 9.25. The highest BCUT2D eigenvalue weighted by atomic mass is 32.2. The fraction of sp³-hybridized carbons (Fsp3) is 0.368. The van der Waals surface area contributed by atoms with Gasteiger partial charge in [-0.15, -0.1) is 0 Å². The lowest BCUT2D eigenvalue weighted by atomic mass is 9.90. The first kappa shape index (κ1) is 16.8. The van der Waals surface area contributed by atoms with Gasteiger partial charge < -0.3 is 10.5 Å². The number of thioether (sulfide) groups is 1. The minimum absolute atomic E-state index is 0.244. The predicted octanol–water partition coefficient (Wildman–Crippen LogP) is 3.76. The van der Waals surface area contributed by atoms with Crippen LogP contribution >= 0.6 is 11.8 Å². The number of benzene rings is 1. The van der Waals surface area contributed by atoms with Crippen LogP contribution in [0, 0.1) is 0 Å². The molecular weight excluding hydrogens is 318 g/mol. The lowest BCUT2D eigenvalue weighted by Gasteiger charge is -2.30. The Morgan fingerprint density at radius 2 is 2.08 bits per heavy atom. The molecular formula is C19H23N3OS. The van der Waals surface area contributed by atoms with E-state index in [9.17, 15) is 0 Å². The molecule has 5 heteroatoms. The molecule has 0 spiro atoms. The maximum atomic E-state index is 5.93. The van der Waals surface area contributed by atoms with Crippen LogP contribution in [0.25, 0.3) is 0 Å². The molecule has 1 atom stereocenters. The zero-order valence-electron chi connectivity index (χ0n) is 13.9. The third-order valence-electron chi connectivity index (χ3n) is 4.28. The predicted molar refractivity (Wildman–Crippen MR) is 101 cm³/mol. The molecule has 126 valence electrons. The molecule has 0 saturated heterocycles. The SMILES string of the molecule is CC1(c2cccc(OCCCc3ccncc3)c2)CCSC(N)=N1. The molecule has 0 saturated carbocycles. The molecule has 1 aromatic carbocycles. The van der Waals surface area contributed by atoms with Gasteiger partial charge in [0.05, 0.1) is 12.1 Å². The van der Waals surface area contributed by atoms with Gasteiger partial charge in [0.1, 0.15) is 5.75 Å². The van der Waals surface area contributed by atoms with Gasteiger partial charge in [0.15, 0.2) is 5.17 Å². The number of aliphatic imine (C=N–C) groups is 1. The van der Waals surface area contributed by atoms with Crippen molar-refractivity contribution in [1.29, 1.82) is 0 Å². The molecule has 0 radical (unpaired) electrons. The summed E-state index contributed by atoms with van der Waals surface area (Å²) in [5, 5.41) is 0.674. The number of hydrogen-bond donors (Lipinski definition) is 1. The Morgan fingerprint density at radius 1 is 1.25 bits per heavy atom. The second-order valence-electron chi connectivity index (χ2n) is 6.16. The minimum atomic E-state index is -0.244. The van der Waals surface area contributed by atoms with E-state index in [4.69, 9.17) is 10.5 Å². The van der Waals surface area contributed by atoms with Crippen LogP contribution in [0.3, 0.4) is 0 Å². The van der Waals surface area contributed by atoms with Gasteiger partial charge >= 0.3 is 0 Å². The molecule has 0 fully saturated rings. The third kappa shape index (κ3) is 4.29. The monoisotopic (exact) mass is 341 g/mol. The van der Waals surface area contributed by atoms with E-state index in [1.165, 1.54) is 5.56 Å². The van der Waals surface area contributed by atoms with Crippen LogP contribution in [0.15, 0.2) is 53.8 Å². The van der Waals surface area contributed by atoms with Crippen LogP contribution in [-0.4, -0.2) is 22.5 Å². The molecule has 0 aliphatic carbocycles. The number of amidine groups is 1. The van der Waals surface area contributed by atoms with Crippen molar-refractivity contribution in [3.05, 3.63) is 59.9 Å². The normalized spacial score (nSPS) is 20.5. The van der Waals surface area contributed by atoms with Crippen molar-refractivity contribution in [2.24, 2.45) is 10.7 Å². The Labute approximate surface area is 147 Å². The van der Waals surface area contributed by atoms with Crippen LogP contribution in [0.4, 0.5) is 0 Å². The Morgan fingerprint density at radius 3 is 2.88 bits per heavy atom. The van der Waals surface area contributed by atoms with E-state index < -0.39 is 0 Å². The average molecular weight is 341 g/mol. The molecule has 4 nitrogen and oxygen atoms in total. The van der Waals surface area contributed by atoms with Crippen molar-refractivity contribution in [2.45, 2.75) is 31.7 Å². The second-order valence-corrected chi connectivity index (χ2v) is 7.27. The molecule has 24 heavy (non-hydrogen) atoms. The van der Waals surface area contributed by atoms with Gasteiger partial charge in [-0.1, -0.05) is 23.9 Å². The van der Waals surface area contributed by atoms with Crippen LogP contribution in [0.1, 0.15) is 30.9 Å². The van der Waals surface area contributed by atoms with Gasteiger partial charge in [0.25, 0.3) is 0 Å². The number of rotatable bonds is 6. The molecule has 1 aromatic heterocycles. The molecule has 0 bridgehead atoms. The van der Waals surface area contributed by atoms with E-state index in [2.05, 4.69) is 29.0 Å². The summed E-state index contributed by atoms with van der Waals surface area (Å²) in [6.07, 6.45) is 6.62. The molecule has 2 heterocycles. The molecule has 2 aromatic rings. The number of hydrogen-bond acceptors (Lipinski definition) is 5. The number of nitrogens with zero attached hydrogens (tertiary/aromatic N) is 2. The van der Waals surface area contributed by atoms with Gasteiger partial charge in [-0.2, -0.15) is 0 Å². The highest BCUT2D eigenvalue weighted by molar-refractivity contribution is 8.13. The van der Waals surface area contributed by atoms with E-state index in [-0.39, 0.29) is 5.54 Å². The maximum Gasteiger partial charge on any atom is 0.154 e. The Kier molecular flexibility index (Phi) is 5.41. The van der Waals surface area contributed by atoms with E-state index in [0.29, 0.717) is 11.8 Å². The zero-order valence-corrected chi connectivity index (χ0v) is 14.8. The summed E-state index contributed by atoms with van der Waals surface area (Å²) < 4.78 is 5.93. The maximum absolute atomic E-state index is 5.93. The Bertz CT molecular complexity index is 705. The Balaban J connectivity index is 1.58. The van der Waals surface area contributed by atoms with Gasteiger partial charge in [-0.05, 0) is 61.6 Å².